The second-order valence-electron chi connectivity index (χ2n) is 6.75. The molecule has 1 atom stereocenters. The van der Waals surface area contributed by atoms with Crippen LogP contribution in [0.5, 0.6) is 0 Å². The lowest BCUT2D eigenvalue weighted by atomic mass is 9.92. The zero-order chi connectivity index (χ0) is 14.6. The van der Waals surface area contributed by atoms with Crippen molar-refractivity contribution in [1.29, 1.82) is 0 Å². The summed E-state index contributed by atoms with van der Waals surface area (Å²) in [4.78, 5) is 6.13. The van der Waals surface area contributed by atoms with Crippen molar-refractivity contribution in [2.45, 2.75) is 66.2 Å². The molecule has 108 valence electrons. The van der Waals surface area contributed by atoms with E-state index in [4.69, 9.17) is 4.84 Å². The van der Waals surface area contributed by atoms with E-state index in [-0.39, 0.29) is 17.7 Å². The fourth-order valence-electron chi connectivity index (χ4n) is 2.31. The molecule has 0 aromatic heterocycles. The number of nitrogens with zero attached hydrogens (tertiary/aromatic N) is 1. The minimum Gasteiger partial charge on any atom is -0.295 e. The van der Waals surface area contributed by atoms with Crippen LogP contribution in [0.15, 0.2) is 30.3 Å². The SMILES string of the molecule is CC(C)ON(C(c1ccccc1)C(C)C)C(C)(C)C. The summed E-state index contributed by atoms with van der Waals surface area (Å²) in [5.74, 6) is 0.486. The van der Waals surface area contributed by atoms with Crippen molar-refractivity contribution < 1.29 is 4.84 Å². The third-order valence-corrected chi connectivity index (χ3v) is 3.01. The molecule has 1 aromatic rings. The molecule has 0 bridgehead atoms. The van der Waals surface area contributed by atoms with Crippen LogP contribution < -0.4 is 0 Å². The van der Waals surface area contributed by atoms with Crippen LogP contribution in [0.25, 0.3) is 0 Å². The van der Waals surface area contributed by atoms with Gasteiger partial charge in [-0.2, -0.15) is 5.06 Å². The molecule has 0 heterocycles. The molecule has 2 heteroatoms. The topological polar surface area (TPSA) is 12.5 Å². The summed E-state index contributed by atoms with van der Waals surface area (Å²) in [6.07, 6.45) is 0.184. The van der Waals surface area contributed by atoms with E-state index in [9.17, 15) is 0 Å². The van der Waals surface area contributed by atoms with Gasteiger partial charge in [-0.25, -0.2) is 0 Å². The van der Waals surface area contributed by atoms with E-state index in [1.54, 1.807) is 0 Å². The van der Waals surface area contributed by atoms with Crippen molar-refractivity contribution in [3.8, 4) is 0 Å². The summed E-state index contributed by atoms with van der Waals surface area (Å²) >= 11 is 0. The van der Waals surface area contributed by atoms with Crippen LogP contribution in [0.2, 0.25) is 0 Å². The predicted octanol–water partition coefficient (Wildman–Crippen LogP) is 4.82. The molecule has 19 heavy (non-hydrogen) atoms. The third kappa shape index (κ3) is 4.63. The molecule has 0 saturated heterocycles. The Kier molecular flexibility index (Phi) is 5.57. The van der Waals surface area contributed by atoms with Gasteiger partial charge in [-0.05, 0) is 46.1 Å². The van der Waals surface area contributed by atoms with Gasteiger partial charge in [0.2, 0.25) is 0 Å². The van der Waals surface area contributed by atoms with Crippen molar-refractivity contribution in [3.05, 3.63) is 35.9 Å². The summed E-state index contributed by atoms with van der Waals surface area (Å²) < 4.78 is 0. The molecular formula is C17H29NO. The van der Waals surface area contributed by atoms with Crippen LogP contribution in [0.4, 0.5) is 0 Å². The molecule has 1 rings (SSSR count). The summed E-state index contributed by atoms with van der Waals surface area (Å²) in [5, 5.41) is 2.16. The maximum atomic E-state index is 6.13. The van der Waals surface area contributed by atoms with Crippen LogP contribution in [0.1, 0.15) is 60.1 Å². The Labute approximate surface area is 118 Å². The number of hydrogen-bond acceptors (Lipinski definition) is 2. The van der Waals surface area contributed by atoms with E-state index in [1.807, 2.05) is 0 Å². The fraction of sp³-hybridized carbons (Fsp3) is 0.647. The summed E-state index contributed by atoms with van der Waals surface area (Å²) in [5.41, 5.74) is 1.28. The Morgan fingerprint density at radius 1 is 0.947 bits per heavy atom. The number of rotatable bonds is 5. The second-order valence-corrected chi connectivity index (χ2v) is 6.75. The molecule has 0 N–H and O–H groups in total. The van der Waals surface area contributed by atoms with Gasteiger partial charge in [0.25, 0.3) is 0 Å². The average molecular weight is 263 g/mol. The maximum absolute atomic E-state index is 6.13. The molecule has 1 unspecified atom stereocenters. The normalized spacial score (nSPS) is 14.4. The Bertz CT molecular complexity index is 365. The maximum Gasteiger partial charge on any atom is 0.0737 e. The van der Waals surface area contributed by atoms with Gasteiger partial charge in [-0.1, -0.05) is 44.2 Å². The molecule has 0 amide bonds. The zero-order valence-corrected chi connectivity index (χ0v) is 13.5. The van der Waals surface area contributed by atoms with Crippen LogP contribution in [0, 0.1) is 5.92 Å². The van der Waals surface area contributed by atoms with Crippen molar-refractivity contribution >= 4 is 0 Å². The first-order valence-corrected chi connectivity index (χ1v) is 7.24. The molecule has 0 spiro atoms. The second kappa shape index (κ2) is 6.53. The Morgan fingerprint density at radius 3 is 1.84 bits per heavy atom. The van der Waals surface area contributed by atoms with Crippen LogP contribution in [0.3, 0.4) is 0 Å². The fourth-order valence-corrected chi connectivity index (χ4v) is 2.31. The van der Waals surface area contributed by atoms with Crippen LogP contribution >= 0.6 is 0 Å². The van der Waals surface area contributed by atoms with Crippen molar-refractivity contribution in [3.63, 3.8) is 0 Å². The summed E-state index contributed by atoms with van der Waals surface area (Å²) in [6, 6.07) is 10.9. The number of hydroxylamine groups is 2. The lowest BCUT2D eigenvalue weighted by molar-refractivity contribution is -0.266. The standard InChI is InChI=1S/C17H29NO/c1-13(2)16(15-11-9-8-10-12-15)18(17(5,6)7)19-14(3)4/h8-14,16H,1-7H3. The highest BCUT2D eigenvalue weighted by atomic mass is 16.7. The van der Waals surface area contributed by atoms with E-state index >= 15 is 0 Å². The van der Waals surface area contributed by atoms with E-state index in [0.29, 0.717) is 5.92 Å². The molecule has 0 aliphatic heterocycles. The average Bonchev–Trinajstić information content (AvgIpc) is 2.27. The molecule has 0 aliphatic rings. The van der Waals surface area contributed by atoms with Crippen molar-refractivity contribution in [2.24, 2.45) is 5.92 Å². The van der Waals surface area contributed by atoms with Crippen molar-refractivity contribution in [1.82, 2.24) is 5.06 Å². The number of hydrogen-bond donors (Lipinski definition) is 0. The van der Waals surface area contributed by atoms with Gasteiger partial charge >= 0.3 is 0 Å². The van der Waals surface area contributed by atoms with Gasteiger partial charge in [0, 0.05) is 5.54 Å². The molecule has 0 fully saturated rings. The lowest BCUT2D eigenvalue weighted by Gasteiger charge is -2.43. The Balaban J connectivity index is 3.13. The van der Waals surface area contributed by atoms with Crippen LogP contribution in [-0.4, -0.2) is 16.7 Å². The molecule has 2 nitrogen and oxygen atoms in total. The predicted molar refractivity (Wildman–Crippen MR) is 81.8 cm³/mol. The largest absolute Gasteiger partial charge is 0.295 e. The molecule has 0 radical (unpaired) electrons. The van der Waals surface area contributed by atoms with Crippen molar-refractivity contribution in [2.75, 3.05) is 0 Å². The molecule has 1 aromatic carbocycles. The van der Waals surface area contributed by atoms with Gasteiger partial charge in [0.15, 0.2) is 0 Å². The van der Waals surface area contributed by atoms with E-state index in [0.717, 1.165) is 0 Å². The van der Waals surface area contributed by atoms with Gasteiger partial charge in [0.1, 0.15) is 0 Å². The lowest BCUT2D eigenvalue weighted by Crippen LogP contribution is -2.46. The van der Waals surface area contributed by atoms with Gasteiger partial charge < -0.3 is 0 Å². The third-order valence-electron chi connectivity index (χ3n) is 3.01. The van der Waals surface area contributed by atoms with E-state index in [1.165, 1.54) is 5.56 Å². The van der Waals surface area contributed by atoms with Gasteiger partial charge in [-0.15, -0.1) is 0 Å². The minimum absolute atomic E-state index is 0.0327. The first kappa shape index (κ1) is 16.2. The zero-order valence-electron chi connectivity index (χ0n) is 13.5. The Morgan fingerprint density at radius 2 is 1.47 bits per heavy atom. The van der Waals surface area contributed by atoms with E-state index in [2.05, 4.69) is 83.9 Å². The molecule has 0 aliphatic carbocycles. The van der Waals surface area contributed by atoms with Gasteiger partial charge in [-0.3, -0.25) is 4.84 Å². The summed E-state index contributed by atoms with van der Waals surface area (Å²) in [6.45, 7) is 15.3. The molecule has 0 saturated carbocycles. The number of benzene rings is 1. The van der Waals surface area contributed by atoms with E-state index < -0.39 is 0 Å². The highest BCUT2D eigenvalue weighted by Gasteiger charge is 2.33. The van der Waals surface area contributed by atoms with Crippen LogP contribution in [-0.2, 0) is 4.84 Å². The first-order chi connectivity index (χ1) is 8.73. The minimum atomic E-state index is -0.0327. The smallest absolute Gasteiger partial charge is 0.0737 e. The monoisotopic (exact) mass is 263 g/mol. The highest BCUT2D eigenvalue weighted by molar-refractivity contribution is 5.19. The highest BCUT2D eigenvalue weighted by Crippen LogP contribution is 2.34. The first-order valence-electron chi connectivity index (χ1n) is 7.24. The van der Waals surface area contributed by atoms with Gasteiger partial charge in [0.05, 0.1) is 12.1 Å². The quantitative estimate of drug-likeness (QED) is 0.706. The molecular weight excluding hydrogens is 234 g/mol. The summed E-state index contributed by atoms with van der Waals surface area (Å²) in [7, 11) is 0. The Hall–Kier alpha value is -0.860.